The van der Waals surface area contributed by atoms with Crippen LogP contribution in [0.5, 0.6) is 92.0 Å². The molecular weight excluding hydrogens is 1390 g/mol. The van der Waals surface area contributed by atoms with E-state index >= 15 is 0 Å². The number of phenols is 2. The van der Waals surface area contributed by atoms with Crippen LogP contribution in [-0.2, 0) is 0 Å². The average molecular weight is 1470 g/mol. The number of aromatic hydroxyl groups is 2. The molecule has 14 nitrogen and oxygen atoms in total. The molecule has 104 heavy (non-hydrogen) atoms. The highest BCUT2D eigenvalue weighted by atomic mass is 32.1. The van der Waals surface area contributed by atoms with Crippen LogP contribution in [0.3, 0.4) is 0 Å². The van der Waals surface area contributed by atoms with Gasteiger partial charge in [0.2, 0.25) is 0 Å². The summed E-state index contributed by atoms with van der Waals surface area (Å²) in [5, 5.41) is 22.9. The molecule has 0 aliphatic rings. The zero-order valence-electron chi connectivity index (χ0n) is 58.6. The Morgan fingerprint density at radius 2 is 0.500 bits per heavy atom. The third kappa shape index (κ3) is 18.4. The maximum absolute atomic E-state index is 9.51. The Hall–Kier alpha value is -11.5. The fourth-order valence-corrected chi connectivity index (χ4v) is 15.5. The first-order valence-electron chi connectivity index (χ1n) is 32.3. The summed E-state index contributed by atoms with van der Waals surface area (Å²) < 4.78 is 69.6. The topological polar surface area (TPSA) is 151 Å². The first kappa shape index (κ1) is 75.1. The van der Waals surface area contributed by atoms with Crippen LogP contribution in [0.25, 0.3) is 82.1 Å². The van der Waals surface area contributed by atoms with Crippen LogP contribution < -0.4 is 56.8 Å². The highest BCUT2D eigenvalue weighted by Crippen LogP contribution is 2.50. The van der Waals surface area contributed by atoms with E-state index in [1.54, 1.807) is 165 Å². The first-order chi connectivity index (χ1) is 50.2. The van der Waals surface area contributed by atoms with Crippen molar-refractivity contribution in [3.05, 3.63) is 254 Å². The zero-order valence-corrected chi connectivity index (χ0v) is 61.9. The predicted octanol–water partition coefficient (Wildman–Crippen LogP) is 24.0. The molecule has 15 rings (SSSR count). The molecule has 0 atom stereocenters. The van der Waals surface area contributed by atoms with E-state index in [-0.39, 0.29) is 18.9 Å². The second kappa shape index (κ2) is 35.9. The molecule has 0 spiro atoms. The number of rotatable bonds is 18. The normalized spacial score (nSPS) is 10.5. The van der Waals surface area contributed by atoms with E-state index in [4.69, 9.17) is 61.9 Å². The van der Waals surface area contributed by atoms with Crippen LogP contribution in [0.15, 0.2) is 249 Å². The monoisotopic (exact) mass is 1460 g/mol. The smallest absolute Gasteiger partial charge is 0.153 e. The number of hydrogen-bond acceptors (Lipinski definition) is 18. The van der Waals surface area contributed by atoms with Gasteiger partial charge >= 0.3 is 0 Å². The number of aryl methyl sites for hydroxylation is 1. The van der Waals surface area contributed by atoms with Crippen molar-refractivity contribution in [3.63, 3.8) is 0 Å². The quantitative estimate of drug-likeness (QED) is 0.0838. The third-order valence-electron chi connectivity index (χ3n) is 16.4. The standard InChI is InChI=1S/C23H20O4S.C22H18O4S.C17H16O2S.C16H14O2S.C7H8O2.CH4/c1-24-16-6-4-15(5-7-16)23-22(27-18-10-8-17(25-2)9-11-18)20-13-12-19(26-3)14-21(20)28-23;1-24-16-7-3-14(4-8-16)22-21(26-17-9-5-15(23)6-10-17)19-12-11-18(25-2)13-20(19)27-22;1-11-15-9-8-14(19-3)10-16(15)20-17(11)12-4-6-13(18-2)7-5-12;1-17-13-6-3-11(4-7-13)15-9-12-5-8-14(18-2)10-16(12)19-15;1-9-7-4-2-6(8)3-5-7;/h4-14H,1-3H3;3-13,23H,1-2H3;4-10H,1-3H3;3-10H,1-2H3;2-5,8H,1H3;1H4. The van der Waals surface area contributed by atoms with Crippen molar-refractivity contribution in [2.45, 2.75) is 14.4 Å². The minimum atomic E-state index is 0. The molecule has 2 N–H and O–H groups in total. The lowest BCUT2D eigenvalue weighted by Crippen LogP contribution is -1.87. The molecule has 11 aromatic carbocycles. The molecule has 18 heteroatoms. The van der Waals surface area contributed by atoms with Crippen LogP contribution >= 0.6 is 45.3 Å². The van der Waals surface area contributed by atoms with E-state index in [0.29, 0.717) is 5.75 Å². The molecular formula is C86H80O14S4. The Labute approximate surface area is 622 Å². The number of fused-ring (bicyclic) bond motifs is 4. The Morgan fingerprint density at radius 3 is 0.865 bits per heavy atom. The lowest BCUT2D eigenvalue weighted by Gasteiger charge is -2.09. The minimum absolute atomic E-state index is 0. The second-order valence-corrected chi connectivity index (χ2v) is 26.9. The highest BCUT2D eigenvalue weighted by molar-refractivity contribution is 7.23. The molecule has 0 fully saturated rings. The Bertz CT molecular complexity index is 5220. The first-order valence-corrected chi connectivity index (χ1v) is 35.6. The summed E-state index contributed by atoms with van der Waals surface area (Å²) >= 11 is 6.90. The van der Waals surface area contributed by atoms with Gasteiger partial charge in [0.05, 0.1) is 80.9 Å². The van der Waals surface area contributed by atoms with Crippen molar-refractivity contribution < 1.29 is 67.1 Å². The maximum atomic E-state index is 9.51. The minimum Gasteiger partial charge on any atom is -0.508 e. The Morgan fingerprint density at radius 1 is 0.240 bits per heavy atom. The lowest BCUT2D eigenvalue weighted by molar-refractivity contribution is 0.412. The molecule has 0 radical (unpaired) electrons. The Kier molecular flexibility index (Phi) is 25.9. The van der Waals surface area contributed by atoms with Crippen LogP contribution in [0, 0.1) is 6.92 Å². The SMILES string of the molecule is C.COc1ccc(-c2cc3ccc(OC)cc3s2)cc1.COc1ccc(-c2sc3cc(OC)ccc3c2C)cc1.COc1ccc(-c2sc3cc(OC)ccc3c2Oc2ccc(O)cc2)cc1.COc1ccc(O)cc1.COc1ccc(Oc2c(-c3ccc(OC)cc3)sc3cc(OC)ccc23)cc1. The van der Waals surface area contributed by atoms with Gasteiger partial charge in [0.15, 0.2) is 11.5 Å². The van der Waals surface area contributed by atoms with E-state index in [1.807, 2.05) is 146 Å². The molecule has 0 amide bonds. The van der Waals surface area contributed by atoms with Gasteiger partial charge < -0.3 is 67.1 Å². The fraction of sp³-hybridized carbons (Fsp3) is 0.140. The molecule has 0 unspecified atom stereocenters. The second-order valence-electron chi connectivity index (χ2n) is 22.7. The molecule has 0 saturated carbocycles. The van der Waals surface area contributed by atoms with Gasteiger partial charge in [0, 0.05) is 39.3 Å². The highest BCUT2D eigenvalue weighted by Gasteiger charge is 2.20. The molecule has 0 bridgehead atoms. The van der Waals surface area contributed by atoms with Crippen LogP contribution in [0.2, 0.25) is 0 Å². The summed E-state index contributed by atoms with van der Waals surface area (Å²) in [7, 11) is 16.7. The van der Waals surface area contributed by atoms with Crippen molar-refractivity contribution in [1.29, 1.82) is 0 Å². The molecule has 532 valence electrons. The Balaban J connectivity index is 0.000000144. The van der Waals surface area contributed by atoms with Gasteiger partial charge in [-0.15, -0.1) is 45.3 Å². The van der Waals surface area contributed by atoms with Gasteiger partial charge in [-0.2, -0.15) is 0 Å². The fourth-order valence-electron chi connectivity index (χ4n) is 10.8. The van der Waals surface area contributed by atoms with Crippen molar-refractivity contribution in [1.82, 2.24) is 0 Å². The average Bonchev–Trinajstić information content (AvgIpc) is 1.62. The van der Waals surface area contributed by atoms with Gasteiger partial charge in [-0.3, -0.25) is 0 Å². The van der Waals surface area contributed by atoms with Crippen LogP contribution in [0.1, 0.15) is 13.0 Å². The van der Waals surface area contributed by atoms with E-state index in [9.17, 15) is 5.11 Å². The van der Waals surface area contributed by atoms with Crippen molar-refractivity contribution in [2.24, 2.45) is 0 Å². The van der Waals surface area contributed by atoms with Crippen molar-refractivity contribution in [2.75, 3.05) is 71.1 Å². The number of ether oxygens (including phenoxy) is 12. The maximum Gasteiger partial charge on any atom is 0.153 e. The van der Waals surface area contributed by atoms with E-state index in [1.165, 1.54) is 46.6 Å². The summed E-state index contributed by atoms with van der Waals surface area (Å²) in [4.78, 5) is 4.64. The number of methoxy groups -OCH3 is 10. The van der Waals surface area contributed by atoms with Gasteiger partial charge in [-0.25, -0.2) is 0 Å². The lowest BCUT2D eigenvalue weighted by atomic mass is 10.1. The van der Waals surface area contributed by atoms with Crippen molar-refractivity contribution >= 4 is 85.7 Å². The number of hydrogen-bond donors (Lipinski definition) is 2. The summed E-state index contributed by atoms with van der Waals surface area (Å²) in [5.74, 6) is 11.9. The largest absolute Gasteiger partial charge is 0.508 e. The zero-order chi connectivity index (χ0) is 72.4. The van der Waals surface area contributed by atoms with Gasteiger partial charge in [-0.05, 0) is 294 Å². The predicted molar refractivity (Wildman–Crippen MR) is 429 cm³/mol. The van der Waals surface area contributed by atoms with Crippen LogP contribution in [-0.4, -0.2) is 81.3 Å². The molecule has 4 heterocycles. The van der Waals surface area contributed by atoms with Crippen molar-refractivity contribution in [3.8, 4) is 134 Å². The van der Waals surface area contributed by atoms with E-state index in [2.05, 4.69) is 61.5 Å². The molecule has 0 aliphatic carbocycles. The summed E-state index contributed by atoms with van der Waals surface area (Å²) in [6.45, 7) is 2.17. The van der Waals surface area contributed by atoms with E-state index < -0.39 is 0 Å². The summed E-state index contributed by atoms with van der Waals surface area (Å²) in [6, 6.07) is 79.7. The number of phenolic OH excluding ortho intramolecular Hbond substituents is 2. The van der Waals surface area contributed by atoms with E-state index in [0.717, 1.165) is 116 Å². The summed E-state index contributed by atoms with van der Waals surface area (Å²) in [5.41, 5.74) is 5.87. The van der Waals surface area contributed by atoms with Gasteiger partial charge in [-0.1, -0.05) is 7.43 Å². The summed E-state index contributed by atoms with van der Waals surface area (Å²) in [6.07, 6.45) is 0. The van der Waals surface area contributed by atoms with Crippen LogP contribution in [0.4, 0.5) is 0 Å². The molecule has 0 aliphatic heterocycles. The number of thiophene rings is 4. The molecule has 4 aromatic heterocycles. The third-order valence-corrected chi connectivity index (χ3v) is 21.2. The van der Waals surface area contributed by atoms with Gasteiger partial charge in [0.1, 0.15) is 80.5 Å². The van der Waals surface area contributed by atoms with Gasteiger partial charge in [0.25, 0.3) is 0 Å². The molecule has 0 saturated heterocycles. The number of benzene rings is 11. The molecule has 15 aromatic rings.